The van der Waals surface area contributed by atoms with E-state index in [1.165, 1.54) is 18.2 Å². The summed E-state index contributed by atoms with van der Waals surface area (Å²) in [6.07, 6.45) is 1.16. The summed E-state index contributed by atoms with van der Waals surface area (Å²) in [5, 5.41) is 0. The SMILES string of the molecule is O=C(c1cccc(F)c1)c1cc[nH]c(=O)c1F. The molecule has 2 rings (SSSR count). The Kier molecular flexibility index (Phi) is 2.82. The molecule has 0 amide bonds. The highest BCUT2D eigenvalue weighted by Crippen LogP contribution is 2.11. The Balaban J connectivity index is 2.51. The highest BCUT2D eigenvalue weighted by atomic mass is 19.1. The minimum Gasteiger partial charge on any atom is -0.327 e. The standard InChI is InChI=1S/C12H7F2NO2/c13-8-3-1-2-7(6-8)11(16)9-4-5-15-12(17)10(9)14/h1-6H,(H,15,17). The molecule has 0 saturated heterocycles. The van der Waals surface area contributed by atoms with Crippen molar-refractivity contribution in [2.75, 3.05) is 0 Å². The molecular formula is C12H7F2NO2. The molecular weight excluding hydrogens is 228 g/mol. The number of aromatic nitrogens is 1. The molecule has 0 radical (unpaired) electrons. The second-order valence-electron chi connectivity index (χ2n) is 3.37. The monoisotopic (exact) mass is 235 g/mol. The average molecular weight is 235 g/mol. The summed E-state index contributed by atoms with van der Waals surface area (Å²) in [5.41, 5.74) is -1.36. The van der Waals surface area contributed by atoms with Gasteiger partial charge in [-0.25, -0.2) is 8.78 Å². The van der Waals surface area contributed by atoms with Gasteiger partial charge < -0.3 is 4.98 Å². The van der Waals surface area contributed by atoms with Gasteiger partial charge in [-0.2, -0.15) is 0 Å². The van der Waals surface area contributed by atoms with Gasteiger partial charge >= 0.3 is 0 Å². The highest BCUT2D eigenvalue weighted by Gasteiger charge is 2.16. The van der Waals surface area contributed by atoms with Crippen molar-refractivity contribution in [2.45, 2.75) is 0 Å². The lowest BCUT2D eigenvalue weighted by atomic mass is 10.0. The summed E-state index contributed by atoms with van der Waals surface area (Å²) >= 11 is 0. The van der Waals surface area contributed by atoms with Crippen LogP contribution in [-0.2, 0) is 0 Å². The zero-order valence-corrected chi connectivity index (χ0v) is 8.54. The van der Waals surface area contributed by atoms with Gasteiger partial charge in [0.2, 0.25) is 0 Å². The van der Waals surface area contributed by atoms with E-state index >= 15 is 0 Å². The van der Waals surface area contributed by atoms with Crippen LogP contribution in [-0.4, -0.2) is 10.8 Å². The lowest BCUT2D eigenvalue weighted by Crippen LogP contribution is -2.16. The van der Waals surface area contributed by atoms with Crippen LogP contribution in [0.15, 0.2) is 41.3 Å². The smallest absolute Gasteiger partial charge is 0.284 e. The van der Waals surface area contributed by atoms with Crippen LogP contribution in [0.25, 0.3) is 0 Å². The summed E-state index contributed by atoms with van der Waals surface area (Å²) in [6, 6.07) is 6.00. The number of carbonyl (C=O) groups excluding carboxylic acids is 1. The third-order valence-electron chi connectivity index (χ3n) is 2.23. The molecule has 1 aromatic carbocycles. The molecule has 0 aliphatic rings. The van der Waals surface area contributed by atoms with E-state index in [0.717, 1.165) is 18.3 Å². The zero-order valence-electron chi connectivity index (χ0n) is 8.54. The predicted molar refractivity (Wildman–Crippen MR) is 56.9 cm³/mol. The Morgan fingerprint density at radius 3 is 2.65 bits per heavy atom. The fourth-order valence-electron chi connectivity index (χ4n) is 1.42. The first-order chi connectivity index (χ1) is 8.09. The molecule has 5 heteroatoms. The number of halogens is 2. The van der Waals surface area contributed by atoms with Crippen molar-refractivity contribution < 1.29 is 13.6 Å². The fourth-order valence-corrected chi connectivity index (χ4v) is 1.42. The van der Waals surface area contributed by atoms with Crippen LogP contribution in [0, 0.1) is 11.6 Å². The molecule has 0 aliphatic heterocycles. The van der Waals surface area contributed by atoms with E-state index in [1.54, 1.807) is 0 Å². The second kappa shape index (κ2) is 4.29. The molecule has 1 heterocycles. The van der Waals surface area contributed by atoms with E-state index in [1.807, 2.05) is 0 Å². The van der Waals surface area contributed by atoms with Crippen LogP contribution < -0.4 is 5.56 Å². The molecule has 86 valence electrons. The number of ketones is 1. The number of hydrogen-bond donors (Lipinski definition) is 1. The maximum Gasteiger partial charge on any atom is 0.284 e. The predicted octanol–water partition coefficient (Wildman–Crippen LogP) is 1.88. The first kappa shape index (κ1) is 11.2. The van der Waals surface area contributed by atoms with Gasteiger partial charge in [0.15, 0.2) is 11.6 Å². The lowest BCUT2D eigenvalue weighted by Gasteiger charge is -2.01. The van der Waals surface area contributed by atoms with Crippen molar-refractivity contribution in [3.05, 3.63) is 69.6 Å². The van der Waals surface area contributed by atoms with E-state index in [0.29, 0.717) is 0 Å². The molecule has 0 aliphatic carbocycles. The van der Waals surface area contributed by atoms with Gasteiger partial charge in [-0.1, -0.05) is 12.1 Å². The van der Waals surface area contributed by atoms with Crippen LogP contribution in [0.4, 0.5) is 8.78 Å². The number of aromatic amines is 1. The Bertz CT molecular complexity index is 634. The maximum atomic E-state index is 13.4. The normalized spacial score (nSPS) is 10.2. The van der Waals surface area contributed by atoms with Gasteiger partial charge in [0.05, 0.1) is 5.56 Å². The topological polar surface area (TPSA) is 49.9 Å². The number of carbonyl (C=O) groups is 1. The van der Waals surface area contributed by atoms with Crippen LogP contribution >= 0.6 is 0 Å². The van der Waals surface area contributed by atoms with Crippen molar-refractivity contribution in [1.82, 2.24) is 4.98 Å². The first-order valence-electron chi connectivity index (χ1n) is 4.77. The molecule has 0 saturated carbocycles. The van der Waals surface area contributed by atoms with E-state index in [4.69, 9.17) is 0 Å². The number of rotatable bonds is 2. The maximum absolute atomic E-state index is 13.4. The summed E-state index contributed by atoms with van der Waals surface area (Å²) in [7, 11) is 0. The van der Waals surface area contributed by atoms with Gasteiger partial charge in [-0.15, -0.1) is 0 Å². The van der Waals surface area contributed by atoms with Gasteiger partial charge in [-0.3, -0.25) is 9.59 Å². The van der Waals surface area contributed by atoms with Crippen molar-refractivity contribution in [2.24, 2.45) is 0 Å². The van der Waals surface area contributed by atoms with Crippen molar-refractivity contribution >= 4 is 5.78 Å². The molecule has 1 aromatic heterocycles. The number of hydrogen-bond acceptors (Lipinski definition) is 2. The fraction of sp³-hybridized carbons (Fsp3) is 0. The Hall–Kier alpha value is -2.30. The molecule has 2 aromatic rings. The van der Waals surface area contributed by atoms with Crippen LogP contribution in [0.3, 0.4) is 0 Å². The Labute approximate surface area is 94.7 Å². The Morgan fingerprint density at radius 2 is 1.94 bits per heavy atom. The van der Waals surface area contributed by atoms with Gasteiger partial charge in [0, 0.05) is 11.8 Å². The van der Waals surface area contributed by atoms with Crippen molar-refractivity contribution in [1.29, 1.82) is 0 Å². The average Bonchev–Trinajstić information content (AvgIpc) is 2.32. The highest BCUT2D eigenvalue weighted by molar-refractivity contribution is 6.09. The largest absolute Gasteiger partial charge is 0.327 e. The molecule has 0 fully saturated rings. The minimum atomic E-state index is -1.17. The molecule has 1 N–H and O–H groups in total. The van der Waals surface area contributed by atoms with Crippen molar-refractivity contribution in [3.8, 4) is 0 Å². The summed E-state index contributed by atoms with van der Waals surface area (Å²) in [4.78, 5) is 24.9. The number of H-pyrrole nitrogens is 1. The number of nitrogens with one attached hydrogen (secondary N) is 1. The van der Waals surface area contributed by atoms with Gasteiger partial charge in [0.1, 0.15) is 5.82 Å². The second-order valence-corrected chi connectivity index (χ2v) is 3.37. The molecule has 3 nitrogen and oxygen atoms in total. The zero-order chi connectivity index (χ0) is 12.4. The van der Waals surface area contributed by atoms with E-state index in [9.17, 15) is 18.4 Å². The van der Waals surface area contributed by atoms with E-state index < -0.39 is 23.0 Å². The summed E-state index contributed by atoms with van der Waals surface area (Å²) in [6.45, 7) is 0. The quantitative estimate of drug-likeness (QED) is 0.808. The van der Waals surface area contributed by atoms with E-state index in [2.05, 4.69) is 4.98 Å². The number of pyridine rings is 1. The summed E-state index contributed by atoms with van der Waals surface area (Å²) in [5.74, 6) is -2.49. The summed E-state index contributed by atoms with van der Waals surface area (Å²) < 4.78 is 26.3. The van der Waals surface area contributed by atoms with E-state index in [-0.39, 0.29) is 11.1 Å². The van der Waals surface area contributed by atoms with Crippen LogP contribution in [0.2, 0.25) is 0 Å². The van der Waals surface area contributed by atoms with Gasteiger partial charge in [-0.05, 0) is 18.2 Å². The van der Waals surface area contributed by atoms with Crippen LogP contribution in [0.5, 0.6) is 0 Å². The van der Waals surface area contributed by atoms with Crippen LogP contribution in [0.1, 0.15) is 15.9 Å². The first-order valence-corrected chi connectivity index (χ1v) is 4.77. The lowest BCUT2D eigenvalue weighted by molar-refractivity contribution is 0.103. The molecule has 0 bridgehead atoms. The molecule has 0 atom stereocenters. The Morgan fingerprint density at radius 1 is 1.18 bits per heavy atom. The third-order valence-corrected chi connectivity index (χ3v) is 2.23. The van der Waals surface area contributed by atoms with Crippen molar-refractivity contribution in [3.63, 3.8) is 0 Å². The van der Waals surface area contributed by atoms with Gasteiger partial charge in [0.25, 0.3) is 5.56 Å². The molecule has 17 heavy (non-hydrogen) atoms. The third kappa shape index (κ3) is 2.13. The molecule has 0 spiro atoms. The minimum absolute atomic E-state index is 0.00509. The number of benzene rings is 1. The molecule has 0 unspecified atom stereocenters.